The molecule has 1 aromatic heterocycles. The highest BCUT2D eigenvalue weighted by molar-refractivity contribution is 7.91. The van der Waals surface area contributed by atoms with Crippen LogP contribution in [-0.4, -0.2) is 41.6 Å². The summed E-state index contributed by atoms with van der Waals surface area (Å²) in [4.78, 5) is 11.4. The Morgan fingerprint density at radius 2 is 2.11 bits per heavy atom. The molecule has 9 heteroatoms. The van der Waals surface area contributed by atoms with E-state index in [0.717, 1.165) is 11.1 Å². The van der Waals surface area contributed by atoms with Crippen molar-refractivity contribution in [3.63, 3.8) is 0 Å². The van der Waals surface area contributed by atoms with Crippen LogP contribution in [0.15, 0.2) is 5.03 Å². The molecule has 0 aromatic carbocycles. The highest BCUT2D eigenvalue weighted by Gasteiger charge is 2.22. The zero-order chi connectivity index (χ0) is 13.8. The summed E-state index contributed by atoms with van der Waals surface area (Å²) in [5, 5.41) is 9.46. The van der Waals surface area contributed by atoms with E-state index in [1.165, 1.54) is 6.92 Å². The lowest BCUT2D eigenvalue weighted by atomic mass is 10.4. The van der Waals surface area contributed by atoms with Gasteiger partial charge in [0.2, 0.25) is 20.8 Å². The number of hydrogen-bond acceptors (Lipinski definition) is 6. The van der Waals surface area contributed by atoms with Gasteiger partial charge in [-0.3, -0.25) is 4.79 Å². The van der Waals surface area contributed by atoms with Gasteiger partial charge in [0.15, 0.2) is 5.82 Å². The van der Waals surface area contributed by atoms with Crippen molar-refractivity contribution in [1.29, 1.82) is 0 Å². The lowest BCUT2D eigenvalue weighted by molar-refractivity contribution is -0.121. The van der Waals surface area contributed by atoms with Crippen molar-refractivity contribution in [3.8, 4) is 0 Å². The maximum absolute atomic E-state index is 11.6. The van der Waals surface area contributed by atoms with Gasteiger partial charge in [-0.2, -0.15) is 0 Å². The van der Waals surface area contributed by atoms with E-state index in [4.69, 9.17) is 5.73 Å². The second-order valence-electron chi connectivity index (χ2n) is 3.69. The fourth-order valence-corrected chi connectivity index (χ4v) is 2.09. The number of nitrogen functional groups attached to an aromatic ring is 1. The van der Waals surface area contributed by atoms with E-state index in [2.05, 4.69) is 15.6 Å². The molecule has 0 spiro atoms. The molecule has 1 amide bonds. The summed E-state index contributed by atoms with van der Waals surface area (Å²) < 4.78 is 24.3. The van der Waals surface area contributed by atoms with Crippen LogP contribution in [-0.2, 0) is 21.2 Å². The van der Waals surface area contributed by atoms with E-state index in [0.29, 0.717) is 6.54 Å². The molecule has 1 aromatic rings. The van der Waals surface area contributed by atoms with Crippen LogP contribution in [0.3, 0.4) is 0 Å². The summed E-state index contributed by atoms with van der Waals surface area (Å²) in [7, 11) is -3.51. The Labute approximate surface area is 105 Å². The third-order valence-corrected chi connectivity index (χ3v) is 3.92. The van der Waals surface area contributed by atoms with Crippen LogP contribution in [0.1, 0.15) is 20.3 Å². The predicted octanol–water partition coefficient (Wildman–Crippen LogP) is -0.820. The normalized spacial score (nSPS) is 11.4. The van der Waals surface area contributed by atoms with Crippen molar-refractivity contribution in [2.75, 3.05) is 18.0 Å². The van der Waals surface area contributed by atoms with Gasteiger partial charge in [-0.05, 0) is 6.42 Å². The molecule has 0 aliphatic carbocycles. The van der Waals surface area contributed by atoms with Gasteiger partial charge in [0.25, 0.3) is 0 Å². The number of rotatable bonds is 6. The molecule has 0 atom stereocenters. The fourth-order valence-electron chi connectivity index (χ4n) is 1.24. The number of sulfone groups is 1. The van der Waals surface area contributed by atoms with Gasteiger partial charge in [-0.25, -0.2) is 13.1 Å². The van der Waals surface area contributed by atoms with Crippen LogP contribution >= 0.6 is 0 Å². The lowest BCUT2D eigenvalue weighted by Crippen LogP contribution is -2.29. The highest BCUT2D eigenvalue weighted by atomic mass is 32.2. The predicted molar refractivity (Wildman–Crippen MR) is 65.5 cm³/mol. The number of amides is 1. The minimum atomic E-state index is -3.51. The first-order chi connectivity index (χ1) is 8.42. The highest BCUT2D eigenvalue weighted by Crippen LogP contribution is 2.15. The maximum Gasteiger partial charge on any atom is 0.241 e. The largest absolute Gasteiger partial charge is 0.381 e. The zero-order valence-corrected chi connectivity index (χ0v) is 11.2. The topological polar surface area (TPSA) is 120 Å². The maximum atomic E-state index is 11.6. The number of carbonyl (C=O) groups is 1. The Morgan fingerprint density at radius 3 is 2.67 bits per heavy atom. The van der Waals surface area contributed by atoms with Crippen LogP contribution in [0.4, 0.5) is 5.82 Å². The van der Waals surface area contributed by atoms with E-state index in [1.807, 2.05) is 6.92 Å². The number of nitrogens with one attached hydrogen (secondary N) is 1. The average molecular weight is 275 g/mol. The minimum Gasteiger partial charge on any atom is -0.381 e. The number of nitrogens with two attached hydrogens (primary N) is 1. The molecule has 0 bridgehead atoms. The van der Waals surface area contributed by atoms with Crippen LogP contribution in [0.25, 0.3) is 0 Å². The monoisotopic (exact) mass is 275 g/mol. The minimum absolute atomic E-state index is 0.108. The molecule has 102 valence electrons. The van der Waals surface area contributed by atoms with E-state index < -0.39 is 9.84 Å². The summed E-state index contributed by atoms with van der Waals surface area (Å²) in [6, 6.07) is 0. The van der Waals surface area contributed by atoms with Crippen LogP contribution < -0.4 is 11.1 Å². The number of nitrogens with zero attached hydrogens (tertiary/aromatic N) is 3. The third kappa shape index (κ3) is 3.19. The number of hydrogen-bond donors (Lipinski definition) is 2. The van der Waals surface area contributed by atoms with Gasteiger partial charge in [-0.15, -0.1) is 5.10 Å². The molecule has 8 nitrogen and oxygen atoms in total. The molecule has 0 aliphatic rings. The number of anilines is 1. The standard InChI is InChI=1S/C9H17N5O3S/c1-3-5-11-7(15)6-14-8(10)9(12-13-14)18(16,17)4-2/h3-6,10H2,1-2H3,(H,11,15). The van der Waals surface area contributed by atoms with Crippen LogP contribution in [0.2, 0.25) is 0 Å². The zero-order valence-electron chi connectivity index (χ0n) is 10.4. The SMILES string of the molecule is CCCNC(=O)Cn1nnc(S(=O)(=O)CC)c1N. The first-order valence-corrected chi connectivity index (χ1v) is 7.26. The first-order valence-electron chi connectivity index (χ1n) is 5.60. The summed E-state index contributed by atoms with van der Waals surface area (Å²) in [5.74, 6) is -0.504. The van der Waals surface area contributed by atoms with Gasteiger partial charge in [0.05, 0.1) is 5.75 Å². The summed E-state index contributed by atoms with van der Waals surface area (Å²) in [5.41, 5.74) is 5.62. The van der Waals surface area contributed by atoms with E-state index in [1.54, 1.807) is 0 Å². The van der Waals surface area contributed by atoms with E-state index in [-0.39, 0.29) is 29.0 Å². The molecule has 3 N–H and O–H groups in total. The molecule has 18 heavy (non-hydrogen) atoms. The molecule has 1 rings (SSSR count). The second-order valence-corrected chi connectivity index (χ2v) is 5.88. The summed E-state index contributed by atoms with van der Waals surface area (Å²) >= 11 is 0. The first kappa shape index (κ1) is 14.4. The number of carbonyl (C=O) groups excluding carboxylic acids is 1. The van der Waals surface area contributed by atoms with E-state index >= 15 is 0 Å². The molecule has 0 aliphatic heterocycles. The van der Waals surface area contributed by atoms with Gasteiger partial charge in [0.1, 0.15) is 6.54 Å². The summed E-state index contributed by atoms with van der Waals surface area (Å²) in [6.07, 6.45) is 0.814. The van der Waals surface area contributed by atoms with E-state index in [9.17, 15) is 13.2 Å². The average Bonchev–Trinajstić information content (AvgIpc) is 2.69. The van der Waals surface area contributed by atoms with Gasteiger partial charge in [-0.1, -0.05) is 19.1 Å². The molecule has 1 heterocycles. The number of aromatic nitrogens is 3. The third-order valence-electron chi connectivity index (χ3n) is 2.28. The molecule has 0 fully saturated rings. The van der Waals surface area contributed by atoms with Gasteiger partial charge < -0.3 is 11.1 Å². The van der Waals surface area contributed by atoms with Crippen molar-refractivity contribution in [2.24, 2.45) is 0 Å². The van der Waals surface area contributed by atoms with Gasteiger partial charge >= 0.3 is 0 Å². The Balaban J connectivity index is 2.85. The van der Waals surface area contributed by atoms with Crippen molar-refractivity contribution >= 4 is 21.6 Å². The fraction of sp³-hybridized carbons (Fsp3) is 0.667. The van der Waals surface area contributed by atoms with Gasteiger partial charge in [0, 0.05) is 6.54 Å². The smallest absolute Gasteiger partial charge is 0.241 e. The quantitative estimate of drug-likeness (QED) is 0.700. The Morgan fingerprint density at radius 1 is 1.44 bits per heavy atom. The second kappa shape index (κ2) is 5.80. The van der Waals surface area contributed by atoms with Crippen molar-refractivity contribution in [1.82, 2.24) is 20.3 Å². The van der Waals surface area contributed by atoms with Crippen LogP contribution in [0, 0.1) is 0 Å². The molecular weight excluding hydrogens is 258 g/mol. The molecule has 0 saturated heterocycles. The molecule has 0 radical (unpaired) electrons. The molecule has 0 unspecified atom stereocenters. The Kier molecular flexibility index (Phi) is 4.65. The Bertz CT molecular complexity index is 522. The lowest BCUT2D eigenvalue weighted by Gasteiger charge is -2.04. The van der Waals surface area contributed by atoms with Crippen LogP contribution in [0.5, 0.6) is 0 Å². The van der Waals surface area contributed by atoms with Crippen molar-refractivity contribution < 1.29 is 13.2 Å². The molecular formula is C9H17N5O3S. The van der Waals surface area contributed by atoms with Crippen molar-refractivity contribution in [3.05, 3.63) is 0 Å². The molecule has 0 saturated carbocycles. The Hall–Kier alpha value is -1.64. The summed E-state index contributed by atoms with van der Waals surface area (Å²) in [6.45, 7) is 3.82. The van der Waals surface area contributed by atoms with Crippen molar-refractivity contribution in [2.45, 2.75) is 31.8 Å².